The third kappa shape index (κ3) is 3.55. The number of ether oxygens (including phenoxy) is 1. The van der Waals surface area contributed by atoms with Gasteiger partial charge in [0.1, 0.15) is 5.75 Å². The van der Waals surface area contributed by atoms with Gasteiger partial charge >= 0.3 is 0 Å². The van der Waals surface area contributed by atoms with Crippen LogP contribution in [-0.2, 0) is 0 Å². The Hall–Kier alpha value is -1.46. The first-order valence-corrected chi connectivity index (χ1v) is 7.10. The molecule has 1 fully saturated rings. The van der Waals surface area contributed by atoms with Crippen LogP contribution in [0.25, 0.3) is 0 Å². The van der Waals surface area contributed by atoms with Crippen LogP contribution in [0, 0.1) is 0 Å². The van der Waals surface area contributed by atoms with Crippen LogP contribution in [-0.4, -0.2) is 42.2 Å². The van der Waals surface area contributed by atoms with E-state index >= 15 is 0 Å². The Labute approximate surface area is 124 Å². The van der Waals surface area contributed by atoms with E-state index in [1.807, 2.05) is 0 Å². The number of likely N-dealkylation sites (tertiary alicyclic amines) is 1. The van der Waals surface area contributed by atoms with Crippen LogP contribution in [0.5, 0.6) is 5.75 Å². The van der Waals surface area contributed by atoms with E-state index in [0.717, 1.165) is 6.42 Å². The van der Waals surface area contributed by atoms with E-state index in [1.54, 1.807) is 18.2 Å². The number of hydrogen-bond acceptors (Lipinski definition) is 4. The number of rotatable bonds is 5. The van der Waals surface area contributed by atoms with Gasteiger partial charge in [0.05, 0.1) is 11.6 Å². The first-order chi connectivity index (χ1) is 9.61. The van der Waals surface area contributed by atoms with Crippen LogP contribution in [0.2, 0.25) is 5.02 Å². The molecule has 0 amide bonds. The molecule has 1 aliphatic rings. The van der Waals surface area contributed by atoms with Crippen LogP contribution < -0.4 is 10.5 Å². The highest BCUT2D eigenvalue weighted by atomic mass is 35.5. The van der Waals surface area contributed by atoms with Gasteiger partial charge in [0.25, 0.3) is 0 Å². The molecular weight excluding hydrogens is 278 g/mol. The van der Waals surface area contributed by atoms with Crippen LogP contribution in [0.3, 0.4) is 0 Å². The average Bonchev–Trinajstić information content (AvgIpc) is 2.84. The van der Waals surface area contributed by atoms with Crippen molar-refractivity contribution in [1.29, 1.82) is 0 Å². The normalized spacial score (nSPS) is 20.3. The summed E-state index contributed by atoms with van der Waals surface area (Å²) in [5.41, 5.74) is 6.01. The molecule has 1 unspecified atom stereocenters. The third-order valence-corrected chi connectivity index (χ3v) is 4.03. The number of nitrogens with two attached hydrogens (primary N) is 1. The van der Waals surface area contributed by atoms with E-state index in [1.165, 1.54) is 19.4 Å². The Morgan fingerprint density at radius 1 is 1.60 bits per heavy atom. The SMILES string of the molecule is CN1CCCC1CCOc1ccc(C(N)=NO)c(Cl)c1. The second-order valence-electron chi connectivity index (χ2n) is 5.04. The number of nitrogens with zero attached hydrogens (tertiary/aromatic N) is 2. The molecule has 1 atom stereocenters. The Morgan fingerprint density at radius 3 is 3.00 bits per heavy atom. The number of hydrogen-bond donors (Lipinski definition) is 2. The summed E-state index contributed by atoms with van der Waals surface area (Å²) < 4.78 is 5.71. The molecule has 3 N–H and O–H groups in total. The summed E-state index contributed by atoms with van der Waals surface area (Å²) in [5.74, 6) is 0.694. The minimum absolute atomic E-state index is 0.00543. The lowest BCUT2D eigenvalue weighted by Crippen LogP contribution is -2.26. The lowest BCUT2D eigenvalue weighted by Gasteiger charge is -2.19. The van der Waals surface area contributed by atoms with E-state index in [2.05, 4.69) is 17.1 Å². The molecule has 0 bridgehead atoms. The summed E-state index contributed by atoms with van der Waals surface area (Å²) in [4.78, 5) is 2.37. The van der Waals surface area contributed by atoms with Gasteiger partial charge in [-0.25, -0.2) is 0 Å². The monoisotopic (exact) mass is 297 g/mol. The summed E-state index contributed by atoms with van der Waals surface area (Å²) >= 11 is 6.07. The Kier molecular flexibility index (Phi) is 5.09. The van der Waals surface area contributed by atoms with Crippen LogP contribution in [0.4, 0.5) is 0 Å². The molecule has 0 aliphatic carbocycles. The van der Waals surface area contributed by atoms with Gasteiger partial charge in [0, 0.05) is 11.6 Å². The van der Waals surface area contributed by atoms with Gasteiger partial charge in [-0.2, -0.15) is 0 Å². The van der Waals surface area contributed by atoms with Crippen molar-refractivity contribution in [2.24, 2.45) is 10.9 Å². The maximum atomic E-state index is 8.64. The molecule has 0 saturated carbocycles. The molecule has 1 aliphatic heterocycles. The summed E-state index contributed by atoms with van der Waals surface area (Å²) in [6.07, 6.45) is 3.51. The van der Waals surface area contributed by atoms with Crippen molar-refractivity contribution in [1.82, 2.24) is 4.90 Å². The maximum absolute atomic E-state index is 8.64. The van der Waals surface area contributed by atoms with E-state index < -0.39 is 0 Å². The molecule has 0 spiro atoms. The second kappa shape index (κ2) is 6.81. The Morgan fingerprint density at radius 2 is 2.40 bits per heavy atom. The van der Waals surface area contributed by atoms with Crippen molar-refractivity contribution < 1.29 is 9.94 Å². The number of amidine groups is 1. The molecular formula is C14H20ClN3O2. The topological polar surface area (TPSA) is 71.1 Å². The zero-order chi connectivity index (χ0) is 14.5. The molecule has 0 radical (unpaired) electrons. The fourth-order valence-electron chi connectivity index (χ4n) is 2.50. The van der Waals surface area contributed by atoms with Gasteiger partial charge in [-0.3, -0.25) is 0 Å². The highest BCUT2D eigenvalue weighted by Crippen LogP contribution is 2.23. The number of oxime groups is 1. The predicted octanol–water partition coefficient (Wildman–Crippen LogP) is 2.30. The summed E-state index contributed by atoms with van der Waals surface area (Å²) in [6, 6.07) is 5.76. The lowest BCUT2D eigenvalue weighted by molar-refractivity contribution is 0.233. The molecule has 0 aromatic heterocycles. The molecule has 20 heavy (non-hydrogen) atoms. The molecule has 110 valence electrons. The van der Waals surface area contributed by atoms with E-state index in [-0.39, 0.29) is 5.84 Å². The average molecular weight is 298 g/mol. The van der Waals surface area contributed by atoms with Gasteiger partial charge in [0.15, 0.2) is 5.84 Å². The van der Waals surface area contributed by atoms with E-state index in [9.17, 15) is 0 Å². The molecule has 6 heteroatoms. The Bertz CT molecular complexity index is 493. The van der Waals surface area contributed by atoms with Crippen molar-refractivity contribution in [3.05, 3.63) is 28.8 Å². The second-order valence-corrected chi connectivity index (χ2v) is 5.45. The van der Waals surface area contributed by atoms with Gasteiger partial charge in [-0.15, -0.1) is 0 Å². The quantitative estimate of drug-likeness (QED) is 0.379. The van der Waals surface area contributed by atoms with Crippen LogP contribution in [0.15, 0.2) is 23.4 Å². The minimum Gasteiger partial charge on any atom is -0.493 e. The molecule has 2 rings (SSSR count). The number of halogens is 1. The lowest BCUT2D eigenvalue weighted by atomic mass is 10.1. The third-order valence-electron chi connectivity index (χ3n) is 3.72. The molecule has 1 heterocycles. The van der Waals surface area contributed by atoms with Crippen molar-refractivity contribution >= 4 is 17.4 Å². The molecule has 1 aromatic rings. The smallest absolute Gasteiger partial charge is 0.171 e. The fourth-order valence-corrected chi connectivity index (χ4v) is 2.77. The zero-order valence-corrected chi connectivity index (χ0v) is 12.3. The van der Waals surface area contributed by atoms with Crippen molar-refractivity contribution in [2.45, 2.75) is 25.3 Å². The summed E-state index contributed by atoms with van der Waals surface area (Å²) in [7, 11) is 2.15. The molecule has 1 saturated heterocycles. The predicted molar refractivity (Wildman–Crippen MR) is 79.7 cm³/mol. The first kappa shape index (κ1) is 14.9. The van der Waals surface area contributed by atoms with E-state index in [0.29, 0.717) is 29.0 Å². The van der Waals surface area contributed by atoms with Crippen molar-refractivity contribution in [3.8, 4) is 5.75 Å². The number of benzene rings is 1. The van der Waals surface area contributed by atoms with E-state index in [4.69, 9.17) is 27.3 Å². The largest absolute Gasteiger partial charge is 0.493 e. The van der Waals surface area contributed by atoms with Gasteiger partial charge in [0.2, 0.25) is 0 Å². The Balaban J connectivity index is 1.89. The minimum atomic E-state index is -0.00543. The highest BCUT2D eigenvalue weighted by molar-refractivity contribution is 6.34. The maximum Gasteiger partial charge on any atom is 0.171 e. The van der Waals surface area contributed by atoms with Gasteiger partial charge < -0.3 is 20.6 Å². The zero-order valence-electron chi connectivity index (χ0n) is 11.6. The molecule has 1 aromatic carbocycles. The summed E-state index contributed by atoms with van der Waals surface area (Å²) in [5, 5.41) is 12.0. The van der Waals surface area contributed by atoms with Crippen LogP contribution in [0.1, 0.15) is 24.8 Å². The molecule has 5 nitrogen and oxygen atoms in total. The fraction of sp³-hybridized carbons (Fsp3) is 0.500. The van der Waals surface area contributed by atoms with Crippen LogP contribution >= 0.6 is 11.6 Å². The van der Waals surface area contributed by atoms with Crippen molar-refractivity contribution in [2.75, 3.05) is 20.2 Å². The summed E-state index contributed by atoms with van der Waals surface area (Å²) in [6.45, 7) is 1.83. The van der Waals surface area contributed by atoms with Gasteiger partial charge in [-0.1, -0.05) is 16.8 Å². The van der Waals surface area contributed by atoms with Gasteiger partial charge in [-0.05, 0) is 51.1 Å². The highest BCUT2D eigenvalue weighted by Gasteiger charge is 2.20. The van der Waals surface area contributed by atoms with Crippen molar-refractivity contribution in [3.63, 3.8) is 0 Å². The standard InChI is InChI=1S/C14H20ClN3O2/c1-18-7-2-3-10(18)6-8-20-11-4-5-12(13(15)9-11)14(16)17-19/h4-5,9-10,19H,2-3,6-8H2,1H3,(H2,16,17). The first-order valence-electron chi connectivity index (χ1n) is 6.72.